The third-order valence-corrected chi connectivity index (χ3v) is 17.2. The van der Waals surface area contributed by atoms with Gasteiger partial charge < -0.3 is 4.43 Å². The second-order valence-electron chi connectivity index (χ2n) is 18.1. The summed E-state index contributed by atoms with van der Waals surface area (Å²) in [5, 5.41) is 0. The lowest BCUT2D eigenvalue weighted by Crippen LogP contribution is -2.38. The van der Waals surface area contributed by atoms with Crippen LogP contribution in [0.25, 0.3) is 0 Å². The van der Waals surface area contributed by atoms with Gasteiger partial charge in [0.05, 0.1) is 0 Å². The zero-order valence-electron chi connectivity index (χ0n) is 38.1. The molecule has 0 atom stereocenters. The van der Waals surface area contributed by atoms with Crippen LogP contribution in [0.5, 0.6) is 0 Å². The molecule has 0 spiro atoms. The Bertz CT molecular complexity index is 555. The quantitative estimate of drug-likeness (QED) is 0.0443. The highest BCUT2D eigenvalue weighted by Crippen LogP contribution is 2.31. The van der Waals surface area contributed by atoms with Gasteiger partial charge in [0.15, 0.2) is 8.32 Å². The zero-order chi connectivity index (χ0) is 38.4. The third kappa shape index (κ3) is 41.6. The number of unbranched alkanes of at least 4 members (excludes halogenated alkanes) is 39. The van der Waals surface area contributed by atoms with E-state index >= 15 is 0 Å². The molecule has 0 bridgehead atoms. The summed E-state index contributed by atoms with van der Waals surface area (Å²) in [6, 6.07) is 4.38. The van der Waals surface area contributed by atoms with Gasteiger partial charge in [0.25, 0.3) is 0 Å². The summed E-state index contributed by atoms with van der Waals surface area (Å²) in [4.78, 5) is 0. The molecule has 0 aromatic carbocycles. The molecule has 0 amide bonds. The summed E-state index contributed by atoms with van der Waals surface area (Å²) in [5.41, 5.74) is 0. The lowest BCUT2D eigenvalue weighted by molar-refractivity contribution is 0.292. The minimum absolute atomic E-state index is 1.03. The Hall–Kier alpha value is 0.177. The first-order valence-electron chi connectivity index (χ1n) is 25.9. The third-order valence-electron chi connectivity index (χ3n) is 12.6. The zero-order valence-corrected chi connectivity index (χ0v) is 39.1. The fourth-order valence-electron chi connectivity index (χ4n) is 8.84. The van der Waals surface area contributed by atoms with Crippen molar-refractivity contribution < 1.29 is 4.43 Å². The fraction of sp³-hybridized carbons (Fsp3) is 1.00. The van der Waals surface area contributed by atoms with E-state index in [2.05, 4.69) is 27.7 Å². The van der Waals surface area contributed by atoms with E-state index in [4.69, 9.17) is 4.43 Å². The van der Waals surface area contributed by atoms with Crippen LogP contribution in [0, 0.1) is 0 Å². The highest BCUT2D eigenvalue weighted by atomic mass is 28.4. The lowest BCUT2D eigenvalue weighted by atomic mass is 10.0. The molecule has 0 heterocycles. The molecule has 0 aromatic heterocycles. The molecule has 0 unspecified atom stereocenters. The SMILES string of the molecule is CCCCCCCCCCCCCCCC[Si](CCCCCCCCCCCCCCCC)(CCCCCCCCCCCCCCCC)OCCC. The molecule has 0 aliphatic rings. The number of hydrogen-bond donors (Lipinski definition) is 0. The Kier molecular flexibility index (Phi) is 46.7. The maximum Gasteiger partial charge on any atom is 0.192 e. The summed E-state index contributed by atoms with van der Waals surface area (Å²) in [7, 11) is -1.62. The van der Waals surface area contributed by atoms with Gasteiger partial charge in [0.2, 0.25) is 0 Å². The molecular formula is C51H106OSi. The summed E-state index contributed by atoms with van der Waals surface area (Å²) in [6.07, 6.45) is 62.5. The molecule has 0 radical (unpaired) electrons. The van der Waals surface area contributed by atoms with Crippen LogP contribution in [0.1, 0.15) is 304 Å². The first-order chi connectivity index (χ1) is 26.2. The van der Waals surface area contributed by atoms with E-state index in [0.29, 0.717) is 0 Å². The largest absolute Gasteiger partial charge is 0.417 e. The summed E-state index contributed by atoms with van der Waals surface area (Å²) >= 11 is 0. The van der Waals surface area contributed by atoms with E-state index in [9.17, 15) is 0 Å². The molecule has 53 heavy (non-hydrogen) atoms. The van der Waals surface area contributed by atoms with Crippen molar-refractivity contribution in [2.75, 3.05) is 6.61 Å². The van der Waals surface area contributed by atoms with Gasteiger partial charge in [-0.15, -0.1) is 0 Å². The van der Waals surface area contributed by atoms with E-state index in [1.807, 2.05) is 0 Å². The van der Waals surface area contributed by atoms with Crippen molar-refractivity contribution >= 4 is 8.32 Å². The fourth-order valence-corrected chi connectivity index (χ4v) is 13.3. The van der Waals surface area contributed by atoms with Gasteiger partial charge >= 0.3 is 0 Å². The van der Waals surface area contributed by atoms with E-state index in [1.165, 1.54) is 294 Å². The smallest absolute Gasteiger partial charge is 0.192 e. The van der Waals surface area contributed by atoms with E-state index in [-0.39, 0.29) is 0 Å². The second-order valence-corrected chi connectivity index (χ2v) is 22.2. The number of hydrogen-bond acceptors (Lipinski definition) is 1. The van der Waals surface area contributed by atoms with Crippen LogP contribution in [0.2, 0.25) is 18.1 Å². The summed E-state index contributed by atoms with van der Waals surface area (Å²) < 4.78 is 7.06. The Morgan fingerprint density at radius 2 is 0.377 bits per heavy atom. The topological polar surface area (TPSA) is 9.23 Å². The van der Waals surface area contributed by atoms with Crippen LogP contribution in [0.15, 0.2) is 0 Å². The van der Waals surface area contributed by atoms with Crippen molar-refractivity contribution in [1.82, 2.24) is 0 Å². The van der Waals surface area contributed by atoms with Crippen LogP contribution < -0.4 is 0 Å². The highest BCUT2D eigenvalue weighted by Gasteiger charge is 2.33. The average molecular weight is 763 g/mol. The van der Waals surface area contributed by atoms with Gasteiger partial charge in [0.1, 0.15) is 0 Å². The molecule has 320 valence electrons. The number of rotatable bonds is 48. The Labute approximate surface area is 340 Å². The van der Waals surface area contributed by atoms with Gasteiger partial charge in [0, 0.05) is 6.61 Å². The van der Waals surface area contributed by atoms with Gasteiger partial charge in [-0.05, 0) is 24.6 Å². The molecule has 0 saturated heterocycles. The lowest BCUT2D eigenvalue weighted by Gasteiger charge is -2.32. The van der Waals surface area contributed by atoms with Crippen molar-refractivity contribution in [2.45, 2.75) is 322 Å². The molecule has 0 N–H and O–H groups in total. The first kappa shape index (κ1) is 53.2. The highest BCUT2D eigenvalue weighted by molar-refractivity contribution is 6.73. The second kappa shape index (κ2) is 46.6. The van der Waals surface area contributed by atoms with Gasteiger partial charge in [-0.25, -0.2) is 0 Å². The summed E-state index contributed by atoms with van der Waals surface area (Å²) in [6.45, 7) is 10.3. The van der Waals surface area contributed by atoms with E-state index in [1.54, 1.807) is 0 Å². The van der Waals surface area contributed by atoms with Crippen molar-refractivity contribution in [2.24, 2.45) is 0 Å². The molecule has 0 aromatic rings. The first-order valence-corrected chi connectivity index (χ1v) is 28.4. The van der Waals surface area contributed by atoms with Gasteiger partial charge in [-0.2, -0.15) is 0 Å². The van der Waals surface area contributed by atoms with Gasteiger partial charge in [-0.3, -0.25) is 0 Å². The van der Waals surface area contributed by atoms with E-state index in [0.717, 1.165) is 6.61 Å². The molecule has 0 rings (SSSR count). The van der Waals surface area contributed by atoms with Crippen LogP contribution in [0.4, 0.5) is 0 Å². The van der Waals surface area contributed by atoms with E-state index < -0.39 is 8.32 Å². The standard InChI is InChI=1S/C51H106OSi/c1-5-9-12-15-18-21-24-27-30-33-36-39-42-45-49-53(52-48-8-4,50-46-43-40-37-34-31-28-25-22-19-16-13-10-6-2)51-47-44-41-38-35-32-29-26-23-20-17-14-11-7-3/h5-51H2,1-4H3. The predicted octanol–water partition coefficient (Wildman–Crippen LogP) is 19.8. The average Bonchev–Trinajstić information content (AvgIpc) is 3.17. The molecule has 0 fully saturated rings. The minimum atomic E-state index is -1.62. The van der Waals surface area contributed by atoms with Crippen LogP contribution >= 0.6 is 0 Å². The van der Waals surface area contributed by atoms with Crippen LogP contribution in [0.3, 0.4) is 0 Å². The predicted molar refractivity (Wildman–Crippen MR) is 247 cm³/mol. The Morgan fingerprint density at radius 1 is 0.208 bits per heavy atom. The van der Waals surface area contributed by atoms with Crippen molar-refractivity contribution in [1.29, 1.82) is 0 Å². The maximum atomic E-state index is 7.06. The molecule has 0 aliphatic heterocycles. The monoisotopic (exact) mass is 763 g/mol. The Balaban J connectivity index is 4.42. The normalized spacial score (nSPS) is 12.0. The maximum absolute atomic E-state index is 7.06. The molecular weight excluding hydrogens is 657 g/mol. The van der Waals surface area contributed by atoms with Crippen molar-refractivity contribution in [3.05, 3.63) is 0 Å². The minimum Gasteiger partial charge on any atom is -0.417 e. The molecule has 0 saturated carbocycles. The van der Waals surface area contributed by atoms with Crippen molar-refractivity contribution in [3.8, 4) is 0 Å². The van der Waals surface area contributed by atoms with Gasteiger partial charge in [-0.1, -0.05) is 297 Å². The van der Waals surface area contributed by atoms with Crippen LogP contribution in [-0.4, -0.2) is 14.9 Å². The molecule has 2 heteroatoms. The molecule has 1 nitrogen and oxygen atoms in total. The Morgan fingerprint density at radius 3 is 0.547 bits per heavy atom. The van der Waals surface area contributed by atoms with Crippen molar-refractivity contribution in [3.63, 3.8) is 0 Å². The molecule has 0 aliphatic carbocycles. The summed E-state index contributed by atoms with van der Waals surface area (Å²) in [5.74, 6) is 0. The van der Waals surface area contributed by atoms with Crippen LogP contribution in [-0.2, 0) is 4.43 Å².